The molecule has 82 valence electrons. The fourth-order valence-corrected chi connectivity index (χ4v) is 1.88. The van der Waals surface area contributed by atoms with Crippen molar-refractivity contribution in [1.82, 2.24) is 0 Å². The molecule has 1 aromatic rings. The Morgan fingerprint density at radius 2 is 1.93 bits per heavy atom. The second kappa shape index (κ2) is 4.85. The van der Waals surface area contributed by atoms with E-state index in [2.05, 4.69) is 36.6 Å². The van der Waals surface area contributed by atoms with Crippen LogP contribution in [0.4, 0.5) is 0 Å². The lowest BCUT2D eigenvalue weighted by Crippen LogP contribution is -2.03. The molecule has 0 aliphatic carbocycles. The maximum Gasteiger partial charge on any atom is 0.339 e. The predicted molar refractivity (Wildman–Crippen MR) is 61.4 cm³/mol. The normalized spacial score (nSPS) is 9.87. The first kappa shape index (κ1) is 12.3. The van der Waals surface area contributed by atoms with Crippen LogP contribution in [0.15, 0.2) is 15.0 Å². The number of rotatable bonds is 2. The van der Waals surface area contributed by atoms with Crippen LogP contribution < -0.4 is 4.74 Å². The quantitative estimate of drug-likeness (QED) is 0.842. The van der Waals surface area contributed by atoms with E-state index in [0.29, 0.717) is 8.95 Å². The van der Waals surface area contributed by atoms with Gasteiger partial charge in [0.1, 0.15) is 0 Å². The number of ether oxygens (including phenoxy) is 2. The lowest BCUT2D eigenvalue weighted by atomic mass is 10.2. The van der Waals surface area contributed by atoms with Crippen molar-refractivity contribution in [2.45, 2.75) is 0 Å². The number of methoxy groups -OCH3 is 2. The van der Waals surface area contributed by atoms with Crippen LogP contribution in [-0.4, -0.2) is 25.3 Å². The van der Waals surface area contributed by atoms with E-state index in [1.165, 1.54) is 20.3 Å². The zero-order valence-corrected chi connectivity index (χ0v) is 11.2. The van der Waals surface area contributed by atoms with Gasteiger partial charge in [-0.2, -0.15) is 0 Å². The first-order valence-corrected chi connectivity index (χ1v) is 5.44. The number of hydrogen-bond donors (Lipinski definition) is 1. The molecule has 1 aromatic carbocycles. The molecule has 0 saturated carbocycles. The molecule has 0 saturated heterocycles. The van der Waals surface area contributed by atoms with Gasteiger partial charge < -0.3 is 14.6 Å². The Morgan fingerprint density at radius 3 is 2.40 bits per heavy atom. The minimum absolute atomic E-state index is 0.0722. The SMILES string of the molecule is COC(=O)c1cc(OC)c(O)c(Br)c1Br. The van der Waals surface area contributed by atoms with E-state index < -0.39 is 5.97 Å². The molecule has 4 nitrogen and oxygen atoms in total. The van der Waals surface area contributed by atoms with Gasteiger partial charge in [0.15, 0.2) is 11.5 Å². The van der Waals surface area contributed by atoms with E-state index in [0.717, 1.165) is 0 Å². The van der Waals surface area contributed by atoms with Crippen LogP contribution in [0.25, 0.3) is 0 Å². The molecule has 0 unspecified atom stereocenters. The third-order valence-corrected chi connectivity index (χ3v) is 3.90. The largest absolute Gasteiger partial charge is 0.503 e. The molecule has 15 heavy (non-hydrogen) atoms. The van der Waals surface area contributed by atoms with Crippen molar-refractivity contribution in [3.63, 3.8) is 0 Å². The molecule has 0 fully saturated rings. The molecule has 6 heteroatoms. The number of carbonyl (C=O) groups excluding carboxylic acids is 1. The first-order chi connectivity index (χ1) is 7.02. The van der Waals surface area contributed by atoms with Crippen molar-refractivity contribution in [2.24, 2.45) is 0 Å². The van der Waals surface area contributed by atoms with E-state index in [1.54, 1.807) is 0 Å². The minimum atomic E-state index is -0.513. The summed E-state index contributed by atoms with van der Waals surface area (Å²) in [6.45, 7) is 0. The van der Waals surface area contributed by atoms with E-state index in [4.69, 9.17) is 4.74 Å². The third-order valence-electron chi connectivity index (χ3n) is 1.77. The van der Waals surface area contributed by atoms with Crippen molar-refractivity contribution >= 4 is 37.8 Å². The number of halogens is 2. The standard InChI is InChI=1S/C9H8Br2O4/c1-14-5-3-4(9(13)15-2)6(10)7(11)8(5)12/h3,12H,1-2H3. The molecule has 0 bridgehead atoms. The van der Waals surface area contributed by atoms with E-state index in [-0.39, 0.29) is 17.1 Å². The molecule has 0 heterocycles. The summed E-state index contributed by atoms with van der Waals surface area (Å²) in [6, 6.07) is 1.40. The van der Waals surface area contributed by atoms with Gasteiger partial charge in [-0.1, -0.05) is 0 Å². The Labute approximate surface area is 103 Å². The summed E-state index contributed by atoms with van der Waals surface area (Å²) in [5.41, 5.74) is 0.277. The van der Waals surface area contributed by atoms with Crippen molar-refractivity contribution in [1.29, 1.82) is 0 Å². The van der Waals surface area contributed by atoms with Crippen molar-refractivity contribution in [2.75, 3.05) is 14.2 Å². The molecular weight excluding hydrogens is 332 g/mol. The lowest BCUT2D eigenvalue weighted by molar-refractivity contribution is 0.0599. The average Bonchev–Trinajstić information content (AvgIpc) is 2.25. The van der Waals surface area contributed by atoms with Crippen molar-refractivity contribution < 1.29 is 19.4 Å². The van der Waals surface area contributed by atoms with Crippen LogP contribution in [0.3, 0.4) is 0 Å². The van der Waals surface area contributed by atoms with Gasteiger partial charge in [0.2, 0.25) is 0 Å². The highest BCUT2D eigenvalue weighted by molar-refractivity contribution is 9.13. The van der Waals surface area contributed by atoms with E-state index in [1.807, 2.05) is 0 Å². The monoisotopic (exact) mass is 338 g/mol. The molecule has 0 radical (unpaired) electrons. The Morgan fingerprint density at radius 1 is 1.33 bits per heavy atom. The highest BCUT2D eigenvalue weighted by atomic mass is 79.9. The number of esters is 1. The van der Waals surface area contributed by atoms with E-state index >= 15 is 0 Å². The van der Waals surface area contributed by atoms with Gasteiger partial charge in [0, 0.05) is 0 Å². The summed E-state index contributed by atoms with van der Waals surface area (Å²) in [5.74, 6) is -0.386. The number of phenols is 1. The van der Waals surface area contributed by atoms with Gasteiger partial charge >= 0.3 is 5.97 Å². The first-order valence-electron chi connectivity index (χ1n) is 3.86. The summed E-state index contributed by atoms with van der Waals surface area (Å²) in [5, 5.41) is 9.60. The number of hydrogen-bond acceptors (Lipinski definition) is 4. The Kier molecular flexibility index (Phi) is 3.98. The van der Waals surface area contributed by atoms with Crippen molar-refractivity contribution in [3.8, 4) is 11.5 Å². The maximum atomic E-state index is 11.4. The molecule has 1 rings (SSSR count). The molecule has 0 atom stereocenters. The Bertz CT molecular complexity index is 404. The smallest absolute Gasteiger partial charge is 0.339 e. The molecule has 0 aromatic heterocycles. The number of aromatic hydroxyl groups is 1. The average molecular weight is 340 g/mol. The number of phenolic OH excluding ortho intramolecular Hbond substituents is 1. The van der Waals surface area contributed by atoms with Gasteiger partial charge in [-0.15, -0.1) is 0 Å². The summed E-state index contributed by atoms with van der Waals surface area (Å²) >= 11 is 6.31. The van der Waals surface area contributed by atoms with Crippen LogP contribution in [0.1, 0.15) is 10.4 Å². The topological polar surface area (TPSA) is 55.8 Å². The number of benzene rings is 1. The van der Waals surface area contributed by atoms with Gasteiger partial charge in [0.25, 0.3) is 0 Å². The molecule has 0 aliphatic rings. The van der Waals surface area contributed by atoms with Gasteiger partial charge in [-0.3, -0.25) is 0 Å². The fraction of sp³-hybridized carbons (Fsp3) is 0.222. The second-order valence-corrected chi connectivity index (χ2v) is 4.18. The molecule has 1 N–H and O–H groups in total. The van der Waals surface area contributed by atoms with Crippen molar-refractivity contribution in [3.05, 3.63) is 20.6 Å². The van der Waals surface area contributed by atoms with Crippen LogP contribution in [0.2, 0.25) is 0 Å². The zero-order valence-electron chi connectivity index (χ0n) is 8.01. The van der Waals surface area contributed by atoms with E-state index in [9.17, 15) is 9.90 Å². The highest BCUT2D eigenvalue weighted by Crippen LogP contribution is 2.41. The fourth-order valence-electron chi connectivity index (χ4n) is 1.01. The second-order valence-electron chi connectivity index (χ2n) is 2.59. The molecular formula is C9H8Br2O4. The summed E-state index contributed by atoms with van der Waals surface area (Å²) in [4.78, 5) is 11.4. The van der Waals surface area contributed by atoms with Gasteiger partial charge in [0.05, 0.1) is 28.7 Å². The van der Waals surface area contributed by atoms with Crippen LogP contribution >= 0.6 is 31.9 Å². The molecule has 0 spiro atoms. The van der Waals surface area contributed by atoms with Crippen LogP contribution in [0, 0.1) is 0 Å². The van der Waals surface area contributed by atoms with Crippen LogP contribution in [-0.2, 0) is 4.74 Å². The Balaban J connectivity index is 3.41. The maximum absolute atomic E-state index is 11.4. The summed E-state index contributed by atoms with van der Waals surface area (Å²) in [7, 11) is 2.68. The minimum Gasteiger partial charge on any atom is -0.503 e. The summed E-state index contributed by atoms with van der Waals surface area (Å²) < 4.78 is 10.3. The lowest BCUT2D eigenvalue weighted by Gasteiger charge is -2.10. The van der Waals surface area contributed by atoms with Gasteiger partial charge in [-0.05, 0) is 37.9 Å². The highest BCUT2D eigenvalue weighted by Gasteiger charge is 2.19. The third kappa shape index (κ3) is 2.26. The number of carbonyl (C=O) groups is 1. The molecule has 0 aliphatic heterocycles. The van der Waals surface area contributed by atoms with Gasteiger partial charge in [-0.25, -0.2) is 4.79 Å². The summed E-state index contributed by atoms with van der Waals surface area (Å²) in [6.07, 6.45) is 0. The zero-order chi connectivity index (χ0) is 11.6. The molecule has 0 amide bonds. The Hall–Kier alpha value is -0.750. The van der Waals surface area contributed by atoms with Crippen LogP contribution in [0.5, 0.6) is 11.5 Å². The predicted octanol–water partition coefficient (Wildman–Crippen LogP) is 2.71.